The first-order valence-corrected chi connectivity index (χ1v) is 9.29. The van der Waals surface area contributed by atoms with E-state index in [1.165, 1.54) is 0 Å². The SMILES string of the molecule is CC(C)C(=O)OCc1ccc(NCN[C@H](C(=O)C(C)(C)C)C(C)C)cc1. The van der Waals surface area contributed by atoms with E-state index in [0.29, 0.717) is 6.67 Å². The molecule has 0 aliphatic rings. The molecule has 5 nitrogen and oxygen atoms in total. The molecule has 0 saturated carbocycles. The third-order valence-electron chi connectivity index (χ3n) is 4.11. The molecular formula is C21H34N2O3. The lowest BCUT2D eigenvalue weighted by molar-refractivity contribution is -0.148. The van der Waals surface area contributed by atoms with Crippen LogP contribution in [0.3, 0.4) is 0 Å². The first kappa shape index (κ1) is 22.2. The number of Topliss-reactive ketones (excluding diaryl/α,β-unsaturated/α-hetero) is 1. The molecule has 0 heterocycles. The van der Waals surface area contributed by atoms with E-state index in [1.807, 2.05) is 58.9 Å². The zero-order chi connectivity index (χ0) is 19.9. The number of carbonyl (C=O) groups excluding carboxylic acids is 2. The van der Waals surface area contributed by atoms with Crippen molar-refractivity contribution in [3.8, 4) is 0 Å². The van der Waals surface area contributed by atoms with Gasteiger partial charge in [0.2, 0.25) is 0 Å². The zero-order valence-electron chi connectivity index (χ0n) is 17.2. The van der Waals surface area contributed by atoms with E-state index in [-0.39, 0.29) is 41.7 Å². The van der Waals surface area contributed by atoms with Crippen LogP contribution in [0.1, 0.15) is 54.0 Å². The van der Waals surface area contributed by atoms with Crippen LogP contribution in [0.2, 0.25) is 0 Å². The molecule has 2 N–H and O–H groups in total. The Bertz CT molecular complexity index is 586. The number of carbonyl (C=O) groups is 2. The van der Waals surface area contributed by atoms with Gasteiger partial charge in [0.25, 0.3) is 0 Å². The van der Waals surface area contributed by atoms with Crippen LogP contribution in [-0.4, -0.2) is 24.5 Å². The number of ketones is 1. The van der Waals surface area contributed by atoms with Crippen LogP contribution in [-0.2, 0) is 20.9 Å². The number of ether oxygens (including phenoxy) is 1. The fraction of sp³-hybridized carbons (Fsp3) is 0.619. The highest BCUT2D eigenvalue weighted by atomic mass is 16.5. The number of hydrogen-bond acceptors (Lipinski definition) is 5. The molecular weight excluding hydrogens is 328 g/mol. The molecule has 0 radical (unpaired) electrons. The molecule has 0 spiro atoms. The molecule has 1 aromatic rings. The monoisotopic (exact) mass is 362 g/mol. The normalized spacial score (nSPS) is 13.0. The summed E-state index contributed by atoms with van der Waals surface area (Å²) in [6, 6.07) is 7.55. The summed E-state index contributed by atoms with van der Waals surface area (Å²) >= 11 is 0. The van der Waals surface area contributed by atoms with Crippen LogP contribution < -0.4 is 10.6 Å². The molecule has 0 bridgehead atoms. The van der Waals surface area contributed by atoms with Gasteiger partial charge in [-0.05, 0) is 23.6 Å². The van der Waals surface area contributed by atoms with Gasteiger partial charge < -0.3 is 10.1 Å². The zero-order valence-corrected chi connectivity index (χ0v) is 17.2. The minimum absolute atomic E-state index is 0.119. The van der Waals surface area contributed by atoms with Gasteiger partial charge in [0.05, 0.1) is 18.6 Å². The highest BCUT2D eigenvalue weighted by Crippen LogP contribution is 2.20. The van der Waals surface area contributed by atoms with Crippen molar-refractivity contribution in [3.63, 3.8) is 0 Å². The second-order valence-electron chi connectivity index (χ2n) is 8.35. The highest BCUT2D eigenvalue weighted by Gasteiger charge is 2.31. The number of hydrogen-bond donors (Lipinski definition) is 2. The summed E-state index contributed by atoms with van der Waals surface area (Å²) in [6.07, 6.45) is 0. The Kier molecular flexibility index (Phi) is 8.28. The van der Waals surface area contributed by atoms with Crippen molar-refractivity contribution in [2.45, 2.75) is 61.1 Å². The fourth-order valence-corrected chi connectivity index (χ4v) is 2.40. The van der Waals surface area contributed by atoms with Gasteiger partial charge in [-0.3, -0.25) is 14.9 Å². The Morgan fingerprint density at radius 2 is 1.62 bits per heavy atom. The Labute approximate surface area is 157 Å². The van der Waals surface area contributed by atoms with Gasteiger partial charge in [-0.15, -0.1) is 0 Å². The van der Waals surface area contributed by atoms with Crippen LogP contribution in [0, 0.1) is 17.3 Å². The number of esters is 1. The van der Waals surface area contributed by atoms with E-state index in [4.69, 9.17) is 4.74 Å². The summed E-state index contributed by atoms with van der Waals surface area (Å²) in [5.74, 6) is 0.129. The quantitative estimate of drug-likeness (QED) is 0.514. The summed E-state index contributed by atoms with van der Waals surface area (Å²) < 4.78 is 5.22. The second-order valence-corrected chi connectivity index (χ2v) is 8.35. The highest BCUT2D eigenvalue weighted by molar-refractivity contribution is 5.89. The molecule has 0 aliphatic heterocycles. The molecule has 26 heavy (non-hydrogen) atoms. The van der Waals surface area contributed by atoms with Crippen LogP contribution in [0.4, 0.5) is 5.69 Å². The molecule has 0 unspecified atom stereocenters. The van der Waals surface area contributed by atoms with Crippen molar-refractivity contribution in [2.24, 2.45) is 17.3 Å². The van der Waals surface area contributed by atoms with Crippen molar-refractivity contribution >= 4 is 17.4 Å². The number of nitrogens with one attached hydrogen (secondary N) is 2. The molecule has 1 atom stereocenters. The fourth-order valence-electron chi connectivity index (χ4n) is 2.40. The van der Waals surface area contributed by atoms with Gasteiger partial charge in [-0.1, -0.05) is 60.6 Å². The average Bonchev–Trinajstić information content (AvgIpc) is 2.55. The molecule has 146 valence electrons. The van der Waals surface area contributed by atoms with Gasteiger partial charge in [0, 0.05) is 11.1 Å². The van der Waals surface area contributed by atoms with Crippen molar-refractivity contribution in [1.82, 2.24) is 5.32 Å². The first-order valence-electron chi connectivity index (χ1n) is 9.29. The number of rotatable bonds is 9. The topological polar surface area (TPSA) is 67.4 Å². The summed E-state index contributed by atoms with van der Waals surface area (Å²) in [5, 5.41) is 6.59. The summed E-state index contributed by atoms with van der Waals surface area (Å²) in [4.78, 5) is 24.0. The molecule has 0 aliphatic carbocycles. The molecule has 0 saturated heterocycles. The smallest absolute Gasteiger partial charge is 0.308 e. The Morgan fingerprint density at radius 3 is 2.08 bits per heavy atom. The summed E-state index contributed by atoms with van der Waals surface area (Å²) in [5.41, 5.74) is 1.53. The predicted octanol–water partition coefficient (Wildman–Crippen LogP) is 3.98. The third-order valence-corrected chi connectivity index (χ3v) is 4.11. The molecule has 0 fully saturated rings. The van der Waals surface area contributed by atoms with Gasteiger partial charge >= 0.3 is 5.97 Å². The molecule has 1 aromatic carbocycles. The van der Waals surface area contributed by atoms with Gasteiger partial charge in [-0.2, -0.15) is 0 Å². The van der Waals surface area contributed by atoms with E-state index in [0.717, 1.165) is 11.3 Å². The Morgan fingerprint density at radius 1 is 1.04 bits per heavy atom. The third kappa shape index (κ3) is 7.16. The number of benzene rings is 1. The first-order chi connectivity index (χ1) is 12.0. The second kappa shape index (κ2) is 9.72. The van der Waals surface area contributed by atoms with Crippen molar-refractivity contribution in [2.75, 3.05) is 12.0 Å². The maximum absolute atomic E-state index is 12.5. The van der Waals surface area contributed by atoms with Crippen molar-refractivity contribution < 1.29 is 14.3 Å². The van der Waals surface area contributed by atoms with Gasteiger partial charge in [0.15, 0.2) is 5.78 Å². The molecule has 0 aromatic heterocycles. The predicted molar refractivity (Wildman–Crippen MR) is 106 cm³/mol. The maximum Gasteiger partial charge on any atom is 0.308 e. The minimum atomic E-state index is -0.364. The lowest BCUT2D eigenvalue weighted by Crippen LogP contribution is -2.47. The van der Waals surface area contributed by atoms with E-state index in [1.54, 1.807) is 0 Å². The van der Waals surface area contributed by atoms with Crippen LogP contribution >= 0.6 is 0 Å². The van der Waals surface area contributed by atoms with Gasteiger partial charge in [0.1, 0.15) is 6.61 Å². The van der Waals surface area contributed by atoms with E-state index < -0.39 is 0 Å². The maximum atomic E-state index is 12.5. The van der Waals surface area contributed by atoms with Crippen LogP contribution in [0.15, 0.2) is 24.3 Å². The summed E-state index contributed by atoms with van der Waals surface area (Å²) in [7, 11) is 0. The van der Waals surface area contributed by atoms with Crippen LogP contribution in [0.5, 0.6) is 0 Å². The lowest BCUT2D eigenvalue weighted by atomic mass is 9.82. The van der Waals surface area contributed by atoms with Gasteiger partial charge in [-0.25, -0.2) is 0 Å². The Balaban J connectivity index is 2.52. The van der Waals surface area contributed by atoms with Crippen molar-refractivity contribution in [1.29, 1.82) is 0 Å². The molecule has 5 heteroatoms. The lowest BCUT2D eigenvalue weighted by Gasteiger charge is -2.28. The van der Waals surface area contributed by atoms with Crippen LogP contribution in [0.25, 0.3) is 0 Å². The van der Waals surface area contributed by atoms with E-state index >= 15 is 0 Å². The summed E-state index contributed by atoms with van der Waals surface area (Å²) in [6.45, 7) is 14.4. The average molecular weight is 363 g/mol. The minimum Gasteiger partial charge on any atom is -0.461 e. The van der Waals surface area contributed by atoms with Crippen molar-refractivity contribution in [3.05, 3.63) is 29.8 Å². The molecule has 1 rings (SSSR count). The number of anilines is 1. The van der Waals surface area contributed by atoms with E-state index in [2.05, 4.69) is 24.5 Å². The molecule has 0 amide bonds. The Hall–Kier alpha value is -1.88. The largest absolute Gasteiger partial charge is 0.461 e. The van der Waals surface area contributed by atoms with E-state index in [9.17, 15) is 9.59 Å². The standard InChI is InChI=1S/C21H34N2O3/c1-14(2)18(19(24)21(5,6)7)23-13-22-17-10-8-16(9-11-17)12-26-20(25)15(3)4/h8-11,14-15,18,22-23H,12-13H2,1-7H3/t18-/m0/s1.